The van der Waals surface area contributed by atoms with E-state index in [9.17, 15) is 14.4 Å². The molecule has 1 N–H and O–H groups in total. The van der Waals surface area contributed by atoms with Crippen molar-refractivity contribution in [2.75, 3.05) is 38.1 Å². The number of fused-ring (bicyclic) bond motifs is 1. The summed E-state index contributed by atoms with van der Waals surface area (Å²) >= 11 is 0. The van der Waals surface area contributed by atoms with Crippen LogP contribution in [0.1, 0.15) is 40.3 Å². The van der Waals surface area contributed by atoms with Crippen LogP contribution >= 0.6 is 0 Å². The molecule has 1 amide bonds. The number of likely N-dealkylation sites (N-methyl/N-ethyl adjacent to an activating group) is 1. The third-order valence-electron chi connectivity index (χ3n) is 6.32. The van der Waals surface area contributed by atoms with E-state index in [-0.39, 0.29) is 28.5 Å². The minimum atomic E-state index is -0.815. The normalized spacial score (nSPS) is 14.7. The van der Waals surface area contributed by atoms with E-state index in [2.05, 4.69) is 5.32 Å². The topological polar surface area (TPSA) is 107 Å². The summed E-state index contributed by atoms with van der Waals surface area (Å²) in [5, 5.41) is 2.62. The van der Waals surface area contributed by atoms with E-state index in [0.717, 1.165) is 16.9 Å². The lowest BCUT2D eigenvalue weighted by Crippen LogP contribution is -2.25. The summed E-state index contributed by atoms with van der Waals surface area (Å²) in [7, 11) is 4.75. The number of carbonyl (C=O) groups excluding carboxylic acids is 3. The van der Waals surface area contributed by atoms with Gasteiger partial charge in [-0.15, -0.1) is 0 Å². The van der Waals surface area contributed by atoms with Crippen molar-refractivity contribution in [1.29, 1.82) is 0 Å². The Balaban J connectivity index is 1.54. The monoisotopic (exact) mass is 504 g/mol. The first-order chi connectivity index (χ1) is 17.7. The molecule has 9 heteroatoms. The average Bonchev–Trinajstić information content (AvgIpc) is 3.50. The van der Waals surface area contributed by atoms with Gasteiger partial charge in [0.15, 0.2) is 29.6 Å². The number of nitrogens with zero attached hydrogens (tertiary/aromatic N) is 1. The zero-order valence-electron chi connectivity index (χ0n) is 21.3. The van der Waals surface area contributed by atoms with E-state index in [0.29, 0.717) is 5.75 Å². The zero-order valence-corrected chi connectivity index (χ0v) is 21.3. The number of nitrogens with one attached hydrogen (secondary N) is 1. The summed E-state index contributed by atoms with van der Waals surface area (Å²) in [6.07, 6.45) is 2.86. The van der Waals surface area contributed by atoms with Crippen LogP contribution in [0.25, 0.3) is 0 Å². The molecule has 192 valence electrons. The van der Waals surface area contributed by atoms with E-state index < -0.39 is 23.9 Å². The Hall–Kier alpha value is -4.53. The summed E-state index contributed by atoms with van der Waals surface area (Å²) < 4.78 is 21.1. The Bertz CT molecular complexity index is 1370. The molecule has 0 unspecified atom stereocenters. The highest BCUT2D eigenvalue weighted by molar-refractivity contribution is 6.07. The summed E-state index contributed by atoms with van der Waals surface area (Å²) in [6, 6.07) is 13.8. The van der Waals surface area contributed by atoms with Gasteiger partial charge in [0.05, 0.1) is 31.7 Å². The minimum Gasteiger partial charge on any atom is -0.493 e. The van der Waals surface area contributed by atoms with Crippen molar-refractivity contribution in [3.63, 3.8) is 0 Å². The SMILES string of the molecule is COc1cc(NC(=O)c2ccco2)c(C(=O)OCC(=O)C=C2N(C)c3ccccc3C2(C)C)cc1OC. The Morgan fingerprint density at radius 1 is 1.03 bits per heavy atom. The van der Waals surface area contributed by atoms with Gasteiger partial charge in [-0.05, 0) is 23.8 Å². The number of benzene rings is 2. The van der Waals surface area contributed by atoms with Gasteiger partial charge in [-0.3, -0.25) is 9.59 Å². The number of furan rings is 1. The van der Waals surface area contributed by atoms with Crippen molar-refractivity contribution < 1.29 is 33.0 Å². The van der Waals surface area contributed by atoms with E-state index in [1.807, 2.05) is 50.1 Å². The quantitative estimate of drug-likeness (QED) is 0.351. The molecule has 0 fully saturated rings. The van der Waals surface area contributed by atoms with Crippen LogP contribution in [0.5, 0.6) is 11.5 Å². The predicted molar refractivity (Wildman–Crippen MR) is 137 cm³/mol. The second-order valence-corrected chi connectivity index (χ2v) is 8.96. The molecule has 4 rings (SSSR count). The first-order valence-corrected chi connectivity index (χ1v) is 11.5. The summed E-state index contributed by atoms with van der Waals surface area (Å²) in [6.45, 7) is 3.60. The summed E-state index contributed by atoms with van der Waals surface area (Å²) in [4.78, 5) is 40.4. The van der Waals surface area contributed by atoms with Crippen LogP contribution in [0.4, 0.5) is 11.4 Å². The van der Waals surface area contributed by atoms with Crippen LogP contribution in [0.3, 0.4) is 0 Å². The largest absolute Gasteiger partial charge is 0.493 e. The lowest BCUT2D eigenvalue weighted by atomic mass is 9.83. The Morgan fingerprint density at radius 3 is 2.38 bits per heavy atom. The first-order valence-electron chi connectivity index (χ1n) is 11.5. The molecular weight excluding hydrogens is 476 g/mol. The number of amides is 1. The number of carbonyl (C=O) groups is 3. The highest BCUT2D eigenvalue weighted by Crippen LogP contribution is 2.46. The molecule has 2 heterocycles. The fraction of sp³-hybridized carbons (Fsp3) is 0.250. The van der Waals surface area contributed by atoms with Crippen LogP contribution in [-0.4, -0.2) is 45.5 Å². The second kappa shape index (κ2) is 10.2. The van der Waals surface area contributed by atoms with Crippen molar-refractivity contribution in [2.24, 2.45) is 0 Å². The molecule has 0 bridgehead atoms. The van der Waals surface area contributed by atoms with Gasteiger partial charge in [-0.2, -0.15) is 0 Å². The van der Waals surface area contributed by atoms with E-state index in [1.54, 1.807) is 6.07 Å². The minimum absolute atomic E-state index is 0.0104. The number of esters is 1. The van der Waals surface area contributed by atoms with Crippen LogP contribution in [-0.2, 0) is 14.9 Å². The molecule has 1 aliphatic rings. The second-order valence-electron chi connectivity index (χ2n) is 8.96. The number of ether oxygens (including phenoxy) is 3. The van der Waals surface area contributed by atoms with Crippen LogP contribution in [0, 0.1) is 0 Å². The molecule has 9 nitrogen and oxygen atoms in total. The molecule has 0 aliphatic carbocycles. The van der Waals surface area contributed by atoms with Gasteiger partial charge in [0, 0.05) is 42.1 Å². The fourth-order valence-electron chi connectivity index (χ4n) is 4.41. The standard InChI is InChI=1S/C28H28N2O7/c1-28(2)19-9-6-7-10-21(19)30(3)25(28)13-17(31)16-37-27(33)18-14-23(34-4)24(35-5)15-20(18)29-26(32)22-11-8-12-36-22/h6-15H,16H2,1-5H3,(H,29,32). The van der Waals surface area contributed by atoms with Crippen LogP contribution in [0.2, 0.25) is 0 Å². The molecule has 1 aliphatic heterocycles. The highest BCUT2D eigenvalue weighted by Gasteiger charge is 2.38. The predicted octanol–water partition coefficient (Wildman–Crippen LogP) is 4.59. The molecule has 3 aromatic rings. The third kappa shape index (κ3) is 4.93. The highest BCUT2D eigenvalue weighted by atomic mass is 16.5. The number of hydrogen-bond acceptors (Lipinski definition) is 8. The molecule has 0 radical (unpaired) electrons. The van der Waals surface area contributed by atoms with Gasteiger partial charge >= 0.3 is 5.97 Å². The van der Waals surface area contributed by atoms with Crippen LogP contribution < -0.4 is 19.7 Å². The van der Waals surface area contributed by atoms with Crippen molar-refractivity contribution >= 4 is 29.0 Å². The molecule has 1 aromatic heterocycles. The van der Waals surface area contributed by atoms with Crippen molar-refractivity contribution in [2.45, 2.75) is 19.3 Å². The first kappa shape index (κ1) is 25.6. The van der Waals surface area contributed by atoms with Crippen molar-refractivity contribution in [3.05, 3.63) is 83.5 Å². The lowest BCUT2D eigenvalue weighted by Gasteiger charge is -2.23. The number of allylic oxidation sites excluding steroid dienone is 1. The Morgan fingerprint density at radius 2 is 1.73 bits per heavy atom. The van der Waals surface area contributed by atoms with Crippen LogP contribution in [0.15, 0.2) is 71.0 Å². The maximum absolute atomic E-state index is 13.0. The molecule has 0 saturated carbocycles. The number of rotatable bonds is 8. The zero-order chi connectivity index (χ0) is 26.7. The number of methoxy groups -OCH3 is 2. The summed E-state index contributed by atoms with van der Waals surface area (Å²) in [5.41, 5.74) is 2.64. The van der Waals surface area contributed by atoms with E-state index >= 15 is 0 Å². The Kier molecular flexibility index (Phi) is 7.06. The molecule has 0 spiro atoms. The molecule has 0 atom stereocenters. The van der Waals surface area contributed by atoms with Gasteiger partial charge in [-0.1, -0.05) is 32.0 Å². The fourth-order valence-corrected chi connectivity index (χ4v) is 4.41. The lowest BCUT2D eigenvalue weighted by molar-refractivity contribution is -0.117. The molecule has 2 aromatic carbocycles. The number of para-hydroxylation sites is 1. The number of anilines is 2. The maximum atomic E-state index is 13.0. The maximum Gasteiger partial charge on any atom is 0.340 e. The van der Waals surface area contributed by atoms with Crippen molar-refractivity contribution in [3.8, 4) is 11.5 Å². The van der Waals surface area contributed by atoms with E-state index in [1.165, 1.54) is 44.8 Å². The smallest absolute Gasteiger partial charge is 0.340 e. The Labute approximate surface area is 214 Å². The van der Waals surface area contributed by atoms with Gasteiger partial charge in [0.25, 0.3) is 5.91 Å². The molecule has 37 heavy (non-hydrogen) atoms. The molecule has 0 saturated heterocycles. The molecular formula is C28H28N2O7. The van der Waals surface area contributed by atoms with Gasteiger partial charge in [0.2, 0.25) is 0 Å². The van der Waals surface area contributed by atoms with Gasteiger partial charge in [0.1, 0.15) is 0 Å². The third-order valence-corrected chi connectivity index (χ3v) is 6.32. The number of hydrogen-bond donors (Lipinski definition) is 1. The average molecular weight is 505 g/mol. The van der Waals surface area contributed by atoms with Gasteiger partial charge < -0.3 is 28.8 Å². The number of ketones is 1. The van der Waals surface area contributed by atoms with E-state index in [4.69, 9.17) is 18.6 Å². The van der Waals surface area contributed by atoms with Gasteiger partial charge in [-0.25, -0.2) is 4.79 Å². The van der Waals surface area contributed by atoms with Crippen molar-refractivity contribution in [1.82, 2.24) is 0 Å². The summed E-state index contributed by atoms with van der Waals surface area (Å²) in [5.74, 6) is -1.16.